The van der Waals surface area contributed by atoms with Crippen LogP contribution in [-0.4, -0.2) is 15.0 Å². The van der Waals surface area contributed by atoms with Crippen molar-refractivity contribution < 1.29 is 0 Å². The molecule has 1 N–H and O–H groups in total. The van der Waals surface area contributed by atoms with E-state index in [1.165, 1.54) is 6.20 Å². The van der Waals surface area contributed by atoms with Crippen molar-refractivity contribution in [2.45, 2.75) is 19.8 Å². The van der Waals surface area contributed by atoms with Crippen LogP contribution in [0.2, 0.25) is 10.0 Å². The average Bonchev–Trinajstić information content (AvgIpc) is 2.35. The Labute approximate surface area is 128 Å². The Morgan fingerprint density at radius 3 is 2.79 bits per heavy atom. The van der Waals surface area contributed by atoms with Crippen LogP contribution in [-0.2, 0) is 6.42 Å². The summed E-state index contributed by atoms with van der Waals surface area (Å²) in [5.41, 5.74) is 0.850. The second-order valence-electron chi connectivity index (χ2n) is 3.91. The predicted molar refractivity (Wildman–Crippen MR) is 79.8 cm³/mol. The molecule has 0 saturated carbocycles. The molecule has 2 rings (SSSR count). The summed E-state index contributed by atoms with van der Waals surface area (Å²) in [6, 6.07) is 1.56. The molecule has 0 aliphatic carbocycles. The average molecular weight is 363 g/mol. The Morgan fingerprint density at radius 1 is 1.42 bits per heavy atom. The van der Waals surface area contributed by atoms with Crippen LogP contribution in [0, 0.1) is 0 Å². The van der Waals surface area contributed by atoms with E-state index in [0.717, 1.165) is 6.42 Å². The maximum absolute atomic E-state index is 11.8. The fraction of sp³-hybridized carbons (Fsp3) is 0.250. The highest BCUT2D eigenvalue weighted by Crippen LogP contribution is 2.25. The highest BCUT2D eigenvalue weighted by atomic mass is 79.9. The Balaban J connectivity index is 2.59. The molecule has 7 heteroatoms. The van der Waals surface area contributed by atoms with E-state index in [-0.39, 0.29) is 5.56 Å². The Morgan fingerprint density at radius 2 is 2.16 bits per heavy atom. The number of rotatable bonds is 3. The summed E-state index contributed by atoms with van der Waals surface area (Å²) in [7, 11) is 0. The third-order valence-corrected chi connectivity index (χ3v) is 3.76. The second kappa shape index (κ2) is 6.03. The number of aromatic amines is 1. The lowest BCUT2D eigenvalue weighted by Crippen LogP contribution is -2.14. The molecule has 2 aromatic rings. The molecule has 0 spiro atoms. The zero-order chi connectivity index (χ0) is 14.0. The van der Waals surface area contributed by atoms with Gasteiger partial charge in [-0.1, -0.05) is 36.5 Å². The van der Waals surface area contributed by atoms with Gasteiger partial charge in [0.15, 0.2) is 5.82 Å². The van der Waals surface area contributed by atoms with Gasteiger partial charge in [0.25, 0.3) is 5.56 Å². The second-order valence-corrected chi connectivity index (χ2v) is 5.55. The van der Waals surface area contributed by atoms with Crippen LogP contribution in [0.3, 0.4) is 0 Å². The minimum absolute atomic E-state index is 0.249. The van der Waals surface area contributed by atoms with Gasteiger partial charge < -0.3 is 4.98 Å². The van der Waals surface area contributed by atoms with Gasteiger partial charge in [0, 0.05) is 6.20 Å². The molecule has 0 fully saturated rings. The molecule has 0 radical (unpaired) electrons. The minimum atomic E-state index is -0.249. The number of nitrogens with one attached hydrogen (secondary N) is 1. The fourth-order valence-electron chi connectivity index (χ4n) is 1.61. The first-order chi connectivity index (χ1) is 9.02. The fourth-order valence-corrected chi connectivity index (χ4v) is 2.46. The summed E-state index contributed by atoms with van der Waals surface area (Å²) in [6.45, 7) is 2.02. The topological polar surface area (TPSA) is 58.6 Å². The summed E-state index contributed by atoms with van der Waals surface area (Å²) in [6.07, 6.45) is 3.04. The first-order valence-corrected chi connectivity index (χ1v) is 7.18. The van der Waals surface area contributed by atoms with Crippen LogP contribution in [0.5, 0.6) is 0 Å². The standard InChI is InChI=1S/C12H10BrCl2N3O/c1-2-3-8-9(13)12(19)18-11(17-8)10-7(15)4-6(14)5-16-10/h4-5H,2-3H2,1H3,(H,17,18,19). The number of halogens is 3. The van der Waals surface area contributed by atoms with Crippen molar-refractivity contribution in [2.24, 2.45) is 0 Å². The Bertz CT molecular complexity index is 673. The van der Waals surface area contributed by atoms with Gasteiger partial charge in [-0.2, -0.15) is 0 Å². The molecule has 19 heavy (non-hydrogen) atoms. The van der Waals surface area contributed by atoms with E-state index >= 15 is 0 Å². The van der Waals surface area contributed by atoms with E-state index < -0.39 is 0 Å². The molecule has 0 saturated heterocycles. The smallest absolute Gasteiger partial charge is 0.265 e. The van der Waals surface area contributed by atoms with Crippen molar-refractivity contribution in [3.63, 3.8) is 0 Å². The van der Waals surface area contributed by atoms with Gasteiger partial charge in [-0.15, -0.1) is 0 Å². The lowest BCUT2D eigenvalue weighted by molar-refractivity contribution is 0.859. The number of aromatic nitrogens is 3. The quantitative estimate of drug-likeness (QED) is 0.901. The van der Waals surface area contributed by atoms with E-state index in [4.69, 9.17) is 23.2 Å². The van der Waals surface area contributed by atoms with Crippen molar-refractivity contribution in [3.05, 3.63) is 42.8 Å². The van der Waals surface area contributed by atoms with Crippen molar-refractivity contribution in [3.8, 4) is 11.5 Å². The molecule has 4 nitrogen and oxygen atoms in total. The van der Waals surface area contributed by atoms with Crippen LogP contribution >= 0.6 is 39.1 Å². The van der Waals surface area contributed by atoms with Crippen molar-refractivity contribution in [1.29, 1.82) is 0 Å². The molecule has 2 heterocycles. The first-order valence-electron chi connectivity index (χ1n) is 5.63. The molecule has 100 valence electrons. The summed E-state index contributed by atoms with van der Waals surface area (Å²) in [5.74, 6) is 0.346. The number of aryl methyl sites for hydroxylation is 1. The molecule has 2 aromatic heterocycles. The number of hydrogen-bond donors (Lipinski definition) is 1. The normalized spacial score (nSPS) is 10.7. The van der Waals surface area contributed by atoms with Gasteiger partial charge in [-0.05, 0) is 28.4 Å². The largest absolute Gasteiger partial charge is 0.304 e. The van der Waals surface area contributed by atoms with Gasteiger partial charge in [0.1, 0.15) is 10.2 Å². The Hall–Kier alpha value is -0.910. The van der Waals surface area contributed by atoms with Gasteiger partial charge >= 0.3 is 0 Å². The molecular weight excluding hydrogens is 353 g/mol. The SMILES string of the molecule is CCCc1nc(-c2ncc(Cl)cc2Cl)[nH]c(=O)c1Br. The van der Waals surface area contributed by atoms with Gasteiger partial charge in [-0.25, -0.2) is 9.97 Å². The molecule has 0 aliphatic rings. The van der Waals surface area contributed by atoms with Gasteiger partial charge in [-0.3, -0.25) is 4.79 Å². The van der Waals surface area contributed by atoms with E-state index in [0.29, 0.717) is 38.2 Å². The summed E-state index contributed by atoms with van der Waals surface area (Å²) in [4.78, 5) is 23.0. The van der Waals surface area contributed by atoms with E-state index in [9.17, 15) is 4.79 Å². The molecule has 0 bridgehead atoms. The van der Waals surface area contributed by atoms with Gasteiger partial charge in [0.05, 0.1) is 15.7 Å². The first kappa shape index (κ1) is 14.5. The number of pyridine rings is 1. The summed E-state index contributed by atoms with van der Waals surface area (Å²) < 4.78 is 0.447. The monoisotopic (exact) mass is 361 g/mol. The molecule has 0 aromatic carbocycles. The number of hydrogen-bond acceptors (Lipinski definition) is 3. The minimum Gasteiger partial charge on any atom is -0.304 e. The van der Waals surface area contributed by atoms with Crippen molar-refractivity contribution in [1.82, 2.24) is 15.0 Å². The third kappa shape index (κ3) is 3.16. The molecule has 0 amide bonds. The van der Waals surface area contributed by atoms with Crippen LogP contribution < -0.4 is 5.56 Å². The van der Waals surface area contributed by atoms with Crippen molar-refractivity contribution >= 4 is 39.1 Å². The lowest BCUT2D eigenvalue weighted by atomic mass is 10.2. The number of H-pyrrole nitrogens is 1. The zero-order valence-corrected chi connectivity index (χ0v) is 13.1. The van der Waals surface area contributed by atoms with Crippen LogP contribution in [0.25, 0.3) is 11.5 Å². The van der Waals surface area contributed by atoms with E-state index in [1.807, 2.05) is 6.92 Å². The lowest BCUT2D eigenvalue weighted by Gasteiger charge is -2.07. The van der Waals surface area contributed by atoms with E-state index in [1.54, 1.807) is 6.07 Å². The highest BCUT2D eigenvalue weighted by Gasteiger charge is 2.13. The summed E-state index contributed by atoms with van der Waals surface area (Å²) >= 11 is 15.1. The molecule has 0 atom stereocenters. The number of nitrogens with zero attached hydrogens (tertiary/aromatic N) is 2. The maximum Gasteiger partial charge on any atom is 0.265 e. The maximum atomic E-state index is 11.8. The van der Waals surface area contributed by atoms with Crippen LogP contribution in [0.4, 0.5) is 0 Å². The molecule has 0 unspecified atom stereocenters. The van der Waals surface area contributed by atoms with Crippen LogP contribution in [0.1, 0.15) is 19.0 Å². The molecular formula is C12H10BrCl2N3O. The highest BCUT2D eigenvalue weighted by molar-refractivity contribution is 9.10. The predicted octanol–water partition coefficient (Wildman–Crippen LogP) is 3.85. The summed E-state index contributed by atoms with van der Waals surface area (Å²) in [5, 5.41) is 0.780. The van der Waals surface area contributed by atoms with Gasteiger partial charge in [0.2, 0.25) is 0 Å². The van der Waals surface area contributed by atoms with E-state index in [2.05, 4.69) is 30.9 Å². The van der Waals surface area contributed by atoms with Crippen LogP contribution in [0.15, 0.2) is 21.5 Å². The zero-order valence-electron chi connectivity index (χ0n) is 10.0. The third-order valence-electron chi connectivity index (χ3n) is 2.45. The molecule has 0 aliphatic heterocycles. The van der Waals surface area contributed by atoms with Crippen molar-refractivity contribution in [2.75, 3.05) is 0 Å². The Kier molecular flexibility index (Phi) is 4.60.